The number of hydrogen-bond donors (Lipinski definition) is 3. The van der Waals surface area contributed by atoms with Gasteiger partial charge in [0, 0.05) is 6.04 Å². The fraction of sp³-hybridized carbons (Fsp3) is 0.714. The molecule has 0 aromatic heterocycles. The number of rotatable bonds is 4. The van der Waals surface area contributed by atoms with Crippen LogP contribution in [0.15, 0.2) is 0 Å². The molecule has 0 aromatic rings. The normalized spacial score (nSPS) is 30.9. The van der Waals surface area contributed by atoms with E-state index in [1.165, 1.54) is 0 Å². The molecule has 11 heteroatoms. The Morgan fingerprint density at radius 3 is 2.52 bits per heavy atom. The number of imide groups is 2. The van der Waals surface area contributed by atoms with Crippen molar-refractivity contribution in [3.63, 3.8) is 0 Å². The van der Waals surface area contributed by atoms with Crippen LogP contribution < -0.4 is 16.0 Å². The van der Waals surface area contributed by atoms with Gasteiger partial charge in [0.15, 0.2) is 9.84 Å². The quantitative estimate of drug-likeness (QED) is 0.525. The molecule has 3 rings (SSSR count). The lowest BCUT2D eigenvalue weighted by Crippen LogP contribution is -2.49. The average Bonchev–Trinajstić information content (AvgIpc) is 3.25. The van der Waals surface area contributed by atoms with Crippen LogP contribution in [0.3, 0.4) is 0 Å². The second-order valence-corrected chi connectivity index (χ2v) is 9.15. The Morgan fingerprint density at radius 2 is 1.96 bits per heavy atom. The van der Waals surface area contributed by atoms with Crippen molar-refractivity contribution < 1.29 is 27.6 Å². The van der Waals surface area contributed by atoms with Crippen LogP contribution in [0.1, 0.15) is 26.2 Å². The summed E-state index contributed by atoms with van der Waals surface area (Å²) in [7, 11) is -3.15. The molecule has 1 aliphatic carbocycles. The van der Waals surface area contributed by atoms with Crippen LogP contribution in [0.4, 0.5) is 9.59 Å². The van der Waals surface area contributed by atoms with Crippen molar-refractivity contribution in [1.29, 1.82) is 0 Å². The first-order chi connectivity index (χ1) is 11.6. The van der Waals surface area contributed by atoms with E-state index in [4.69, 9.17) is 0 Å². The van der Waals surface area contributed by atoms with Crippen LogP contribution in [0.2, 0.25) is 0 Å². The number of amides is 6. The van der Waals surface area contributed by atoms with Crippen LogP contribution in [0.5, 0.6) is 0 Å². The topological polar surface area (TPSA) is 142 Å². The number of sulfone groups is 1. The molecule has 10 nitrogen and oxygen atoms in total. The summed E-state index contributed by atoms with van der Waals surface area (Å²) in [5.41, 5.74) is -0.988. The Bertz CT molecular complexity index is 746. The maximum absolute atomic E-state index is 12.4. The van der Waals surface area contributed by atoms with E-state index in [9.17, 15) is 27.6 Å². The first-order valence-electron chi connectivity index (χ1n) is 8.05. The average molecular weight is 372 g/mol. The highest BCUT2D eigenvalue weighted by Gasteiger charge is 2.56. The number of urea groups is 2. The van der Waals surface area contributed by atoms with Crippen LogP contribution >= 0.6 is 0 Å². The lowest BCUT2D eigenvalue weighted by molar-refractivity contribution is -0.134. The van der Waals surface area contributed by atoms with Gasteiger partial charge < -0.3 is 10.6 Å². The predicted molar refractivity (Wildman–Crippen MR) is 85.1 cm³/mol. The lowest BCUT2D eigenvalue weighted by atomic mass is 9.96. The molecule has 1 saturated carbocycles. The summed E-state index contributed by atoms with van der Waals surface area (Å²) in [4.78, 5) is 48.8. The fourth-order valence-electron chi connectivity index (χ4n) is 3.24. The summed E-state index contributed by atoms with van der Waals surface area (Å²) in [5, 5.41) is 7.03. The maximum Gasteiger partial charge on any atom is 0.325 e. The standard InChI is InChI=1S/C14H20N4O6S/c1-14(8-2-3-8)11(20)18(13(22)17-14)6-10(19)16-12(21)15-9-4-5-25(23,24)7-9/h8-9H,2-7H2,1H3,(H,17,22)(H2,15,16,19,21)/t9-,14-/m0/s1. The first kappa shape index (κ1) is 17.6. The zero-order valence-corrected chi connectivity index (χ0v) is 14.5. The number of carbonyl (C=O) groups excluding carboxylic acids is 4. The third-order valence-corrected chi connectivity index (χ3v) is 6.59. The highest BCUT2D eigenvalue weighted by molar-refractivity contribution is 7.91. The van der Waals surface area contributed by atoms with Gasteiger partial charge in [-0.05, 0) is 32.1 Å². The van der Waals surface area contributed by atoms with Gasteiger partial charge in [0.25, 0.3) is 5.91 Å². The monoisotopic (exact) mass is 372 g/mol. The van der Waals surface area contributed by atoms with Crippen LogP contribution in [-0.2, 0) is 19.4 Å². The second-order valence-electron chi connectivity index (χ2n) is 6.92. The molecular formula is C14H20N4O6S. The molecule has 3 fully saturated rings. The molecule has 3 N–H and O–H groups in total. The van der Waals surface area contributed by atoms with Gasteiger partial charge in [-0.2, -0.15) is 0 Å². The molecule has 2 aliphatic heterocycles. The van der Waals surface area contributed by atoms with E-state index in [0.717, 1.165) is 17.7 Å². The van der Waals surface area contributed by atoms with Crippen molar-refractivity contribution in [1.82, 2.24) is 20.9 Å². The lowest BCUT2D eigenvalue weighted by Gasteiger charge is -2.20. The largest absolute Gasteiger partial charge is 0.334 e. The van der Waals surface area contributed by atoms with E-state index < -0.39 is 51.8 Å². The third kappa shape index (κ3) is 3.60. The van der Waals surface area contributed by atoms with E-state index in [2.05, 4.69) is 10.6 Å². The minimum atomic E-state index is -3.15. The van der Waals surface area contributed by atoms with E-state index in [1.807, 2.05) is 5.32 Å². The zero-order chi connectivity index (χ0) is 18.4. The minimum absolute atomic E-state index is 0.00586. The Balaban J connectivity index is 1.51. The summed E-state index contributed by atoms with van der Waals surface area (Å²) in [6.07, 6.45) is 1.97. The number of carbonyl (C=O) groups is 4. The molecule has 3 aliphatic rings. The van der Waals surface area contributed by atoms with Crippen molar-refractivity contribution in [2.75, 3.05) is 18.1 Å². The number of nitrogens with zero attached hydrogens (tertiary/aromatic N) is 1. The maximum atomic E-state index is 12.4. The van der Waals surface area contributed by atoms with E-state index in [0.29, 0.717) is 0 Å². The van der Waals surface area contributed by atoms with E-state index in [-0.39, 0.29) is 23.8 Å². The molecule has 25 heavy (non-hydrogen) atoms. The predicted octanol–water partition coefficient (Wildman–Crippen LogP) is -1.28. The molecule has 2 saturated heterocycles. The van der Waals surface area contributed by atoms with Gasteiger partial charge in [-0.15, -0.1) is 0 Å². The van der Waals surface area contributed by atoms with Gasteiger partial charge >= 0.3 is 12.1 Å². The molecule has 0 aromatic carbocycles. The smallest absolute Gasteiger partial charge is 0.325 e. The summed E-state index contributed by atoms with van der Waals surface area (Å²) in [6.45, 7) is 1.07. The van der Waals surface area contributed by atoms with Crippen molar-refractivity contribution in [2.45, 2.75) is 37.8 Å². The molecule has 6 amide bonds. The third-order valence-electron chi connectivity index (χ3n) is 4.82. The molecule has 0 bridgehead atoms. The Morgan fingerprint density at radius 1 is 1.28 bits per heavy atom. The van der Waals surface area contributed by atoms with Gasteiger partial charge in [-0.1, -0.05) is 0 Å². The highest BCUT2D eigenvalue weighted by Crippen LogP contribution is 2.42. The SMILES string of the molecule is C[C@@]1(C2CC2)NC(=O)N(CC(=O)NC(=O)N[C@H]2CCS(=O)(=O)C2)C1=O. The van der Waals surface area contributed by atoms with E-state index in [1.54, 1.807) is 6.92 Å². The molecule has 2 atom stereocenters. The zero-order valence-electron chi connectivity index (χ0n) is 13.7. The number of nitrogens with one attached hydrogen (secondary N) is 3. The Labute approximate surface area is 144 Å². The fourth-order valence-corrected chi connectivity index (χ4v) is 4.91. The molecule has 0 spiro atoms. The Kier molecular flexibility index (Phi) is 4.21. The summed E-state index contributed by atoms with van der Waals surface area (Å²) < 4.78 is 22.7. The van der Waals surface area contributed by atoms with Crippen molar-refractivity contribution in [3.05, 3.63) is 0 Å². The Hall–Kier alpha value is -2.17. The highest BCUT2D eigenvalue weighted by atomic mass is 32.2. The minimum Gasteiger partial charge on any atom is -0.334 e. The van der Waals surface area contributed by atoms with Crippen molar-refractivity contribution >= 4 is 33.7 Å². The van der Waals surface area contributed by atoms with Gasteiger partial charge in [0.05, 0.1) is 11.5 Å². The van der Waals surface area contributed by atoms with Gasteiger partial charge in [0.2, 0.25) is 5.91 Å². The molecule has 2 heterocycles. The van der Waals surface area contributed by atoms with Crippen LogP contribution in [0.25, 0.3) is 0 Å². The summed E-state index contributed by atoms with van der Waals surface area (Å²) in [6, 6.07) is -2.05. The molecular weight excluding hydrogens is 352 g/mol. The molecule has 0 unspecified atom stereocenters. The van der Waals surface area contributed by atoms with Crippen molar-refractivity contribution in [3.8, 4) is 0 Å². The summed E-state index contributed by atoms with van der Waals surface area (Å²) in [5.74, 6) is -1.39. The first-order valence-corrected chi connectivity index (χ1v) is 9.88. The van der Waals surface area contributed by atoms with Gasteiger partial charge in [-0.3, -0.25) is 19.8 Å². The van der Waals surface area contributed by atoms with Crippen LogP contribution in [-0.4, -0.2) is 66.8 Å². The second kappa shape index (κ2) is 5.97. The number of hydrogen-bond acceptors (Lipinski definition) is 6. The van der Waals surface area contributed by atoms with E-state index >= 15 is 0 Å². The van der Waals surface area contributed by atoms with Crippen LogP contribution in [0, 0.1) is 5.92 Å². The van der Waals surface area contributed by atoms with Gasteiger partial charge in [0.1, 0.15) is 12.1 Å². The summed E-state index contributed by atoms with van der Waals surface area (Å²) >= 11 is 0. The molecule has 0 radical (unpaired) electrons. The molecule has 138 valence electrons. The van der Waals surface area contributed by atoms with Gasteiger partial charge in [-0.25, -0.2) is 18.0 Å². The van der Waals surface area contributed by atoms with Crippen molar-refractivity contribution in [2.24, 2.45) is 5.92 Å².